The summed E-state index contributed by atoms with van der Waals surface area (Å²) in [5.74, 6) is -1.54. The zero-order valence-corrected chi connectivity index (χ0v) is 16.7. The van der Waals surface area contributed by atoms with Gasteiger partial charge in [-0.05, 0) is 47.9 Å². The number of nitrogens with one attached hydrogen (secondary N) is 1. The molecule has 3 N–H and O–H groups in total. The van der Waals surface area contributed by atoms with Crippen molar-refractivity contribution in [2.45, 2.75) is 6.42 Å². The van der Waals surface area contributed by atoms with E-state index < -0.39 is 0 Å². The number of phenolic OH excluding ortho intramolecular Hbond substituents is 2. The average Bonchev–Trinajstić information content (AvgIpc) is 2.94. The van der Waals surface area contributed by atoms with Crippen LogP contribution in [0.15, 0.2) is 47.4 Å². The van der Waals surface area contributed by atoms with Gasteiger partial charge in [-0.1, -0.05) is 42.2 Å². The largest absolute Gasteiger partial charge is 0.504 e. The van der Waals surface area contributed by atoms with Crippen LogP contribution in [0.4, 0.5) is 4.39 Å². The molecule has 0 aliphatic carbocycles. The van der Waals surface area contributed by atoms with Crippen molar-refractivity contribution >= 4 is 46.2 Å². The van der Waals surface area contributed by atoms with E-state index in [1.165, 1.54) is 29.2 Å². The smallest absolute Gasteiger partial charge is 0.266 e. The molecule has 1 aliphatic rings. The van der Waals surface area contributed by atoms with E-state index in [0.717, 1.165) is 17.3 Å². The number of carbonyl (C=O) groups is 2. The zero-order chi connectivity index (χ0) is 21.0. The van der Waals surface area contributed by atoms with Gasteiger partial charge in [0.2, 0.25) is 5.91 Å². The lowest BCUT2D eigenvalue weighted by Crippen LogP contribution is -2.40. The fraction of sp³-hybridized carbons (Fsp3) is 0.150. The molecular weight excluding hydrogens is 415 g/mol. The van der Waals surface area contributed by atoms with Crippen LogP contribution in [0.1, 0.15) is 11.1 Å². The monoisotopic (exact) mass is 432 g/mol. The maximum absolute atomic E-state index is 13.0. The van der Waals surface area contributed by atoms with E-state index in [1.54, 1.807) is 24.3 Å². The Kier molecular flexibility index (Phi) is 6.50. The van der Waals surface area contributed by atoms with Gasteiger partial charge in [-0.15, -0.1) is 0 Å². The second kappa shape index (κ2) is 9.06. The van der Waals surface area contributed by atoms with Crippen molar-refractivity contribution in [3.8, 4) is 11.5 Å². The van der Waals surface area contributed by atoms with Crippen molar-refractivity contribution in [3.63, 3.8) is 0 Å². The van der Waals surface area contributed by atoms with Gasteiger partial charge in [0.15, 0.2) is 11.5 Å². The molecule has 29 heavy (non-hydrogen) atoms. The molecule has 2 aromatic rings. The fourth-order valence-electron chi connectivity index (χ4n) is 2.62. The van der Waals surface area contributed by atoms with Crippen LogP contribution in [0.25, 0.3) is 6.08 Å². The summed E-state index contributed by atoms with van der Waals surface area (Å²) in [5.41, 5.74) is 1.40. The molecule has 150 valence electrons. The first-order valence-corrected chi connectivity index (χ1v) is 9.84. The van der Waals surface area contributed by atoms with Crippen LogP contribution >= 0.6 is 24.0 Å². The zero-order valence-electron chi connectivity index (χ0n) is 15.1. The maximum atomic E-state index is 13.0. The molecule has 1 saturated heterocycles. The third kappa shape index (κ3) is 5.33. The quantitative estimate of drug-likeness (QED) is 0.370. The number of hydrogen-bond donors (Lipinski definition) is 3. The minimum atomic E-state index is -0.372. The van der Waals surface area contributed by atoms with Crippen LogP contribution in [0.3, 0.4) is 0 Å². The van der Waals surface area contributed by atoms with E-state index in [4.69, 9.17) is 12.2 Å². The third-order valence-electron chi connectivity index (χ3n) is 4.12. The molecule has 6 nitrogen and oxygen atoms in total. The molecule has 0 saturated carbocycles. The lowest BCUT2D eigenvalue weighted by molar-refractivity contribution is -0.128. The molecular formula is C20H17FN2O4S2. The molecule has 0 unspecified atom stereocenters. The fourth-order valence-corrected chi connectivity index (χ4v) is 3.87. The number of phenols is 2. The molecule has 1 heterocycles. The number of rotatable bonds is 6. The number of carbonyl (C=O) groups excluding carboxylic acids is 2. The van der Waals surface area contributed by atoms with Crippen LogP contribution in [0.2, 0.25) is 0 Å². The van der Waals surface area contributed by atoms with Crippen molar-refractivity contribution in [2.75, 3.05) is 13.1 Å². The minimum absolute atomic E-state index is 0.202. The molecule has 0 spiro atoms. The van der Waals surface area contributed by atoms with Crippen molar-refractivity contribution in [3.05, 3.63) is 64.3 Å². The average molecular weight is 432 g/mol. The molecule has 1 aliphatic heterocycles. The van der Waals surface area contributed by atoms with E-state index in [2.05, 4.69) is 5.32 Å². The summed E-state index contributed by atoms with van der Waals surface area (Å²) < 4.78 is 13.3. The highest BCUT2D eigenvalue weighted by molar-refractivity contribution is 8.26. The Bertz CT molecular complexity index is 992. The number of amides is 2. The first-order valence-electron chi connectivity index (χ1n) is 8.62. The van der Waals surface area contributed by atoms with Gasteiger partial charge in [-0.25, -0.2) is 4.39 Å². The summed E-state index contributed by atoms with van der Waals surface area (Å²) in [6, 6.07) is 10.1. The van der Waals surface area contributed by atoms with Gasteiger partial charge in [-0.3, -0.25) is 14.5 Å². The number of halogens is 1. The van der Waals surface area contributed by atoms with E-state index in [0.29, 0.717) is 23.4 Å². The molecule has 0 atom stereocenters. The Morgan fingerprint density at radius 3 is 2.59 bits per heavy atom. The Morgan fingerprint density at radius 2 is 1.90 bits per heavy atom. The van der Waals surface area contributed by atoms with E-state index in [9.17, 15) is 24.2 Å². The summed E-state index contributed by atoms with van der Waals surface area (Å²) in [5, 5.41) is 21.5. The highest BCUT2D eigenvalue weighted by Crippen LogP contribution is 2.32. The van der Waals surface area contributed by atoms with Gasteiger partial charge >= 0.3 is 0 Å². The SMILES string of the molecule is O=C(CN1C(=O)C(=Cc2ccc(F)cc2)SC1=S)NCCc1ccc(O)c(O)c1. The summed E-state index contributed by atoms with van der Waals surface area (Å²) in [4.78, 5) is 26.3. The van der Waals surface area contributed by atoms with Crippen LogP contribution in [0.5, 0.6) is 11.5 Å². The molecule has 0 radical (unpaired) electrons. The van der Waals surface area contributed by atoms with Gasteiger partial charge in [0.05, 0.1) is 4.91 Å². The van der Waals surface area contributed by atoms with E-state index in [1.807, 2.05) is 0 Å². The van der Waals surface area contributed by atoms with Crippen molar-refractivity contribution in [1.29, 1.82) is 0 Å². The maximum Gasteiger partial charge on any atom is 0.266 e. The molecule has 1 fully saturated rings. The number of hydrogen-bond acceptors (Lipinski definition) is 6. The van der Waals surface area contributed by atoms with Crippen LogP contribution in [-0.2, 0) is 16.0 Å². The van der Waals surface area contributed by atoms with Gasteiger partial charge < -0.3 is 15.5 Å². The van der Waals surface area contributed by atoms with Crippen LogP contribution in [-0.4, -0.2) is 44.3 Å². The number of thioether (sulfide) groups is 1. The molecule has 9 heteroatoms. The van der Waals surface area contributed by atoms with Crippen LogP contribution < -0.4 is 5.32 Å². The number of benzene rings is 2. The highest BCUT2D eigenvalue weighted by atomic mass is 32.2. The van der Waals surface area contributed by atoms with E-state index >= 15 is 0 Å². The molecule has 0 aromatic heterocycles. The second-order valence-electron chi connectivity index (χ2n) is 6.24. The first-order chi connectivity index (χ1) is 13.8. The minimum Gasteiger partial charge on any atom is -0.504 e. The van der Waals surface area contributed by atoms with Crippen molar-refractivity contribution in [2.24, 2.45) is 0 Å². The molecule has 2 aromatic carbocycles. The number of aromatic hydroxyl groups is 2. The van der Waals surface area contributed by atoms with Crippen LogP contribution in [0, 0.1) is 5.82 Å². The second-order valence-corrected chi connectivity index (χ2v) is 7.92. The third-order valence-corrected chi connectivity index (χ3v) is 5.50. The Balaban J connectivity index is 1.54. The van der Waals surface area contributed by atoms with Gasteiger partial charge in [0.1, 0.15) is 16.7 Å². The summed E-state index contributed by atoms with van der Waals surface area (Å²) in [7, 11) is 0. The Morgan fingerprint density at radius 1 is 1.17 bits per heavy atom. The highest BCUT2D eigenvalue weighted by Gasteiger charge is 2.33. The molecule has 3 rings (SSSR count). The predicted molar refractivity (Wildman–Crippen MR) is 113 cm³/mol. The summed E-state index contributed by atoms with van der Waals surface area (Å²) in [6.07, 6.45) is 2.05. The topological polar surface area (TPSA) is 89.9 Å². The number of nitrogens with zero attached hydrogens (tertiary/aromatic N) is 1. The van der Waals surface area contributed by atoms with Gasteiger partial charge in [0.25, 0.3) is 5.91 Å². The summed E-state index contributed by atoms with van der Waals surface area (Å²) >= 11 is 6.29. The first kappa shape index (κ1) is 20.8. The Labute approximate surface area is 176 Å². The standard InChI is InChI=1S/C20H17FN2O4S2/c21-14-4-1-12(2-5-14)10-17-19(27)23(20(28)29-17)11-18(26)22-8-7-13-3-6-15(24)16(25)9-13/h1-6,9-10,24-25H,7-8,11H2,(H,22,26). The van der Waals surface area contributed by atoms with Gasteiger partial charge in [0, 0.05) is 6.54 Å². The predicted octanol–water partition coefficient (Wildman–Crippen LogP) is 2.80. The summed E-state index contributed by atoms with van der Waals surface area (Å²) in [6.45, 7) is 0.0928. The van der Waals surface area contributed by atoms with Crippen molar-refractivity contribution < 1.29 is 24.2 Å². The lowest BCUT2D eigenvalue weighted by atomic mass is 10.1. The molecule has 2 amide bonds. The molecule has 0 bridgehead atoms. The Hall–Kier alpha value is -2.91. The van der Waals surface area contributed by atoms with E-state index in [-0.39, 0.29) is 40.0 Å². The number of thiocarbonyl (C=S) groups is 1. The normalized spacial score (nSPS) is 15.2. The van der Waals surface area contributed by atoms with Gasteiger partial charge in [-0.2, -0.15) is 0 Å². The van der Waals surface area contributed by atoms with Crippen molar-refractivity contribution in [1.82, 2.24) is 10.2 Å². The lowest BCUT2D eigenvalue weighted by Gasteiger charge is -2.14.